The average molecular weight is 398 g/mol. The van der Waals surface area contributed by atoms with E-state index in [0.29, 0.717) is 0 Å². The Morgan fingerprint density at radius 2 is 1.94 bits per heavy atom. The molecule has 1 heterocycles. The monoisotopic (exact) mass is 399 g/mol. The minimum absolute atomic E-state index is 0. The molecule has 0 fully saturated rings. The second-order valence-electron chi connectivity index (χ2n) is 3.95. The van der Waals surface area contributed by atoms with Crippen LogP contribution in [0.2, 0.25) is 0 Å². The van der Waals surface area contributed by atoms with Crippen LogP contribution in [-0.4, -0.2) is 4.98 Å². The second-order valence-corrected chi connectivity index (χ2v) is 3.95. The average Bonchev–Trinajstić information content (AvgIpc) is 2.39. The predicted molar refractivity (Wildman–Crippen MR) is 66.8 cm³/mol. The zero-order valence-electron chi connectivity index (χ0n) is 9.31. The van der Waals surface area contributed by atoms with E-state index in [-0.39, 0.29) is 20.1 Å². The molecule has 87 valence electrons. The third kappa shape index (κ3) is 2.54. The molecule has 0 bridgehead atoms. The largest absolute Gasteiger partial charge is 0.311 e. The van der Waals surface area contributed by atoms with Gasteiger partial charge in [-0.2, -0.15) is 18.2 Å². The molecule has 0 saturated carbocycles. The number of para-hydroxylation sites is 1. The van der Waals surface area contributed by atoms with E-state index in [2.05, 4.69) is 41.4 Å². The summed E-state index contributed by atoms with van der Waals surface area (Å²) >= 11 is 0. The van der Waals surface area contributed by atoms with Crippen LogP contribution < -0.4 is 0 Å². The SMILES string of the molecule is [C-]1=C(c2ccc3ccccc3n2)CCC=C1.[Ir]. The first kappa shape index (κ1) is 12.2. The molecule has 0 aliphatic heterocycles. The van der Waals surface area contributed by atoms with Crippen molar-refractivity contribution in [2.24, 2.45) is 0 Å². The Balaban J connectivity index is 0.00000108. The third-order valence-electron chi connectivity index (χ3n) is 2.84. The van der Waals surface area contributed by atoms with E-state index in [1.807, 2.05) is 18.2 Å². The number of hydrogen-bond donors (Lipinski definition) is 0. The maximum absolute atomic E-state index is 4.67. The van der Waals surface area contributed by atoms with Gasteiger partial charge in [0.2, 0.25) is 0 Å². The Morgan fingerprint density at radius 1 is 1.06 bits per heavy atom. The standard InChI is InChI=1S/C15H12N.Ir/c1-2-6-12(7-3-1)15-11-10-13-8-4-5-9-14(13)16-15;/h1-2,4-5,8-11H,3,7H2;/q-1;. The van der Waals surface area contributed by atoms with Crippen molar-refractivity contribution in [3.8, 4) is 0 Å². The van der Waals surface area contributed by atoms with Gasteiger partial charge in [0.25, 0.3) is 0 Å². The molecule has 1 aromatic heterocycles. The van der Waals surface area contributed by atoms with Crippen LogP contribution in [0.4, 0.5) is 0 Å². The van der Waals surface area contributed by atoms with E-state index in [1.54, 1.807) is 0 Å². The van der Waals surface area contributed by atoms with Crippen molar-refractivity contribution < 1.29 is 20.1 Å². The van der Waals surface area contributed by atoms with Crippen molar-refractivity contribution in [2.75, 3.05) is 0 Å². The Morgan fingerprint density at radius 3 is 2.76 bits per heavy atom. The van der Waals surface area contributed by atoms with Crippen LogP contribution in [0.15, 0.2) is 48.6 Å². The minimum atomic E-state index is 0. The Hall–Kier alpha value is -1.24. The molecule has 1 radical (unpaired) electrons. The second kappa shape index (κ2) is 5.39. The number of allylic oxidation sites excluding steroid dienone is 4. The van der Waals surface area contributed by atoms with Gasteiger partial charge in [0.1, 0.15) is 0 Å². The van der Waals surface area contributed by atoms with Gasteiger partial charge in [0, 0.05) is 20.1 Å². The molecule has 1 aliphatic rings. The van der Waals surface area contributed by atoms with Crippen molar-refractivity contribution in [1.29, 1.82) is 0 Å². The number of aromatic nitrogens is 1. The molecular weight excluding hydrogens is 386 g/mol. The van der Waals surface area contributed by atoms with Crippen molar-refractivity contribution in [3.05, 3.63) is 60.3 Å². The third-order valence-corrected chi connectivity index (χ3v) is 2.84. The zero-order valence-corrected chi connectivity index (χ0v) is 11.7. The normalized spacial score (nSPS) is 14.2. The molecule has 1 aromatic carbocycles. The van der Waals surface area contributed by atoms with Gasteiger partial charge < -0.3 is 4.98 Å². The number of pyridine rings is 1. The van der Waals surface area contributed by atoms with Gasteiger partial charge in [0.15, 0.2) is 0 Å². The van der Waals surface area contributed by atoms with Crippen molar-refractivity contribution in [3.63, 3.8) is 0 Å². The molecule has 0 N–H and O–H groups in total. The molecule has 1 nitrogen and oxygen atoms in total. The summed E-state index contributed by atoms with van der Waals surface area (Å²) in [7, 11) is 0. The van der Waals surface area contributed by atoms with E-state index in [4.69, 9.17) is 0 Å². The summed E-state index contributed by atoms with van der Waals surface area (Å²) in [5.41, 5.74) is 3.33. The molecule has 0 saturated heterocycles. The summed E-state index contributed by atoms with van der Waals surface area (Å²) in [6.45, 7) is 0. The summed E-state index contributed by atoms with van der Waals surface area (Å²) < 4.78 is 0. The number of hydrogen-bond acceptors (Lipinski definition) is 1. The molecule has 2 heteroatoms. The Bertz CT molecular complexity index is 584. The van der Waals surface area contributed by atoms with Gasteiger partial charge in [-0.05, 0) is 17.1 Å². The first-order chi connectivity index (χ1) is 7.93. The number of rotatable bonds is 1. The molecular formula is C15H12IrN-. The molecule has 0 amide bonds. The van der Waals surface area contributed by atoms with Crippen LogP contribution in [0.25, 0.3) is 16.5 Å². The van der Waals surface area contributed by atoms with Gasteiger partial charge in [0.05, 0.1) is 5.52 Å². The summed E-state index contributed by atoms with van der Waals surface area (Å²) in [6.07, 6.45) is 9.55. The molecule has 3 rings (SSSR count). The first-order valence-corrected chi connectivity index (χ1v) is 5.57. The van der Waals surface area contributed by atoms with E-state index >= 15 is 0 Å². The molecule has 1 aliphatic carbocycles. The molecule has 17 heavy (non-hydrogen) atoms. The van der Waals surface area contributed by atoms with E-state index in [1.165, 1.54) is 11.0 Å². The van der Waals surface area contributed by atoms with E-state index < -0.39 is 0 Å². The van der Waals surface area contributed by atoms with Crippen molar-refractivity contribution in [2.45, 2.75) is 12.8 Å². The smallest absolute Gasteiger partial charge is 0.0559 e. The van der Waals surface area contributed by atoms with Crippen LogP contribution in [0, 0.1) is 6.08 Å². The topological polar surface area (TPSA) is 12.9 Å². The van der Waals surface area contributed by atoms with Crippen LogP contribution in [0.3, 0.4) is 0 Å². The van der Waals surface area contributed by atoms with Crippen LogP contribution in [0.1, 0.15) is 18.5 Å². The van der Waals surface area contributed by atoms with Gasteiger partial charge >= 0.3 is 0 Å². The van der Waals surface area contributed by atoms with Gasteiger partial charge in [-0.3, -0.25) is 0 Å². The Labute approximate surface area is 115 Å². The molecule has 2 aromatic rings. The van der Waals surface area contributed by atoms with Gasteiger partial charge in [-0.25, -0.2) is 0 Å². The van der Waals surface area contributed by atoms with E-state index in [0.717, 1.165) is 24.1 Å². The Kier molecular flexibility index (Phi) is 3.88. The van der Waals surface area contributed by atoms with Gasteiger partial charge in [-0.1, -0.05) is 43.2 Å². The van der Waals surface area contributed by atoms with Gasteiger partial charge in [-0.15, -0.1) is 5.57 Å². The zero-order chi connectivity index (χ0) is 10.8. The van der Waals surface area contributed by atoms with Crippen LogP contribution in [-0.2, 0) is 20.1 Å². The fourth-order valence-electron chi connectivity index (χ4n) is 1.98. The van der Waals surface area contributed by atoms with E-state index in [9.17, 15) is 0 Å². The van der Waals surface area contributed by atoms with Crippen molar-refractivity contribution >= 4 is 16.5 Å². The fraction of sp³-hybridized carbons (Fsp3) is 0.133. The molecule has 0 unspecified atom stereocenters. The first-order valence-electron chi connectivity index (χ1n) is 5.57. The molecule has 0 spiro atoms. The quantitative estimate of drug-likeness (QED) is 0.667. The van der Waals surface area contributed by atoms with Crippen molar-refractivity contribution in [1.82, 2.24) is 4.98 Å². The number of benzene rings is 1. The number of nitrogens with zero attached hydrogens (tertiary/aromatic N) is 1. The van der Waals surface area contributed by atoms with Crippen LogP contribution >= 0.6 is 0 Å². The summed E-state index contributed by atoms with van der Waals surface area (Å²) in [6, 6.07) is 12.4. The summed E-state index contributed by atoms with van der Waals surface area (Å²) in [5.74, 6) is 0. The van der Waals surface area contributed by atoms with Crippen LogP contribution in [0.5, 0.6) is 0 Å². The fourth-order valence-corrected chi connectivity index (χ4v) is 1.98. The molecule has 0 atom stereocenters. The maximum atomic E-state index is 4.67. The predicted octanol–water partition coefficient (Wildman–Crippen LogP) is 3.77. The summed E-state index contributed by atoms with van der Waals surface area (Å²) in [5, 5.41) is 1.19. The number of fused-ring (bicyclic) bond motifs is 1. The minimum Gasteiger partial charge on any atom is -0.311 e. The maximum Gasteiger partial charge on any atom is 0.0559 e. The summed E-state index contributed by atoms with van der Waals surface area (Å²) in [4.78, 5) is 4.67.